The normalized spacial score (nSPS) is 16.0. The van der Waals surface area contributed by atoms with Gasteiger partial charge in [0.15, 0.2) is 0 Å². The molecule has 1 fully saturated rings. The molecule has 3 aromatic rings. The van der Waals surface area contributed by atoms with Gasteiger partial charge in [-0.3, -0.25) is 9.78 Å². The van der Waals surface area contributed by atoms with Crippen LogP contribution in [0.2, 0.25) is 0 Å². The van der Waals surface area contributed by atoms with Crippen LogP contribution in [0, 0.1) is 13.8 Å². The van der Waals surface area contributed by atoms with Gasteiger partial charge < -0.3 is 19.7 Å². The lowest BCUT2D eigenvalue weighted by Gasteiger charge is -2.33. The monoisotopic (exact) mass is 446 g/mol. The molecule has 1 aliphatic heterocycles. The Bertz CT molecular complexity index is 1100. The number of hydrogen-bond donors (Lipinski definition) is 1. The number of hydrogen-bond acceptors (Lipinski definition) is 6. The van der Waals surface area contributed by atoms with E-state index in [1.807, 2.05) is 74.2 Å². The Morgan fingerprint density at radius 1 is 1.21 bits per heavy atom. The molecule has 4 rings (SSSR count). The number of aromatic nitrogens is 2. The van der Waals surface area contributed by atoms with Crippen LogP contribution in [0.1, 0.15) is 45.9 Å². The Hall–Kier alpha value is -3.29. The summed E-state index contributed by atoms with van der Waals surface area (Å²) >= 11 is 0. The van der Waals surface area contributed by atoms with Gasteiger partial charge in [-0.05, 0) is 62.2 Å². The van der Waals surface area contributed by atoms with Crippen LogP contribution < -0.4 is 5.32 Å². The van der Waals surface area contributed by atoms with E-state index < -0.39 is 0 Å². The number of ether oxygens (including phenoxy) is 2. The number of rotatable bonds is 7. The number of carbonyl (C=O) groups is 1. The molecule has 7 nitrogen and oxygen atoms in total. The van der Waals surface area contributed by atoms with Crippen molar-refractivity contribution in [3.8, 4) is 0 Å². The van der Waals surface area contributed by atoms with E-state index in [2.05, 4.69) is 10.3 Å². The van der Waals surface area contributed by atoms with Gasteiger partial charge in [0.25, 0.3) is 5.91 Å². The quantitative estimate of drug-likeness (QED) is 0.572. The van der Waals surface area contributed by atoms with E-state index in [4.69, 9.17) is 14.5 Å². The van der Waals surface area contributed by atoms with E-state index in [0.717, 1.165) is 34.0 Å². The molecule has 1 amide bonds. The fraction of sp³-hybridized carbons (Fsp3) is 0.346. The first-order chi connectivity index (χ1) is 16.0. The van der Waals surface area contributed by atoms with Gasteiger partial charge in [-0.25, -0.2) is 4.98 Å². The second kappa shape index (κ2) is 10.6. The van der Waals surface area contributed by atoms with E-state index in [-0.39, 0.29) is 12.0 Å². The van der Waals surface area contributed by atoms with Gasteiger partial charge in [0.1, 0.15) is 11.9 Å². The molecular formula is C26H30N4O3. The molecule has 1 N–H and O–H groups in total. The number of carbonyl (C=O) groups excluding carboxylic acids is 1. The van der Waals surface area contributed by atoms with Crippen molar-refractivity contribution in [3.63, 3.8) is 0 Å². The molecule has 33 heavy (non-hydrogen) atoms. The number of amides is 1. The largest absolute Gasteiger partial charge is 0.377 e. The molecule has 0 spiro atoms. The summed E-state index contributed by atoms with van der Waals surface area (Å²) in [4.78, 5) is 24.1. The van der Waals surface area contributed by atoms with Crippen molar-refractivity contribution in [3.05, 3.63) is 82.8 Å². The van der Waals surface area contributed by atoms with Gasteiger partial charge in [0.2, 0.25) is 0 Å². The van der Waals surface area contributed by atoms with E-state index in [0.29, 0.717) is 38.5 Å². The first kappa shape index (κ1) is 22.9. The molecule has 7 heteroatoms. The minimum atomic E-state index is -0.287. The molecule has 172 valence electrons. The minimum Gasteiger partial charge on any atom is -0.377 e. The van der Waals surface area contributed by atoms with Crippen LogP contribution in [0.3, 0.4) is 0 Å². The second-order valence-corrected chi connectivity index (χ2v) is 8.16. The zero-order valence-electron chi connectivity index (χ0n) is 19.4. The highest BCUT2D eigenvalue weighted by Gasteiger charge is 2.27. The number of anilines is 2. The Kier molecular flexibility index (Phi) is 7.32. The van der Waals surface area contributed by atoms with Crippen LogP contribution >= 0.6 is 0 Å². The molecule has 0 saturated carbocycles. The number of nitrogens with zero attached hydrogens (tertiary/aromatic N) is 3. The summed E-state index contributed by atoms with van der Waals surface area (Å²) < 4.78 is 11.4. The summed E-state index contributed by atoms with van der Waals surface area (Å²) in [6.45, 7) is 8.64. The lowest BCUT2D eigenvalue weighted by Crippen LogP contribution is -2.42. The zero-order valence-corrected chi connectivity index (χ0v) is 19.4. The van der Waals surface area contributed by atoms with Gasteiger partial charge in [-0.2, -0.15) is 0 Å². The standard InChI is InChI=1S/C26H30N4O3/c1-4-32-17-20-7-9-21(10-8-20)26(31)30-12-13-33-24(16-30)23-15-22(14-19(3)28-23)29-25-18(2)6-5-11-27-25/h5-11,14-15,24H,4,12-13,16-17H2,1-3H3,(H,27,28,29)/t24-/m1/s1. The van der Waals surface area contributed by atoms with Crippen LogP contribution in [0.5, 0.6) is 0 Å². The van der Waals surface area contributed by atoms with Crippen molar-refractivity contribution in [2.45, 2.75) is 33.5 Å². The first-order valence-electron chi connectivity index (χ1n) is 11.3. The van der Waals surface area contributed by atoms with Gasteiger partial charge in [0, 0.05) is 36.3 Å². The summed E-state index contributed by atoms with van der Waals surface area (Å²) in [5.41, 5.74) is 5.36. The molecule has 1 saturated heterocycles. The van der Waals surface area contributed by atoms with Crippen LogP contribution in [-0.2, 0) is 16.1 Å². The number of morpholine rings is 1. The number of aryl methyl sites for hydroxylation is 2. The molecule has 0 unspecified atom stereocenters. The van der Waals surface area contributed by atoms with Crippen molar-refractivity contribution in [1.29, 1.82) is 0 Å². The third-order valence-electron chi connectivity index (χ3n) is 5.60. The van der Waals surface area contributed by atoms with Crippen molar-refractivity contribution in [1.82, 2.24) is 14.9 Å². The lowest BCUT2D eigenvalue weighted by atomic mass is 10.1. The zero-order chi connectivity index (χ0) is 23.2. The number of benzene rings is 1. The second-order valence-electron chi connectivity index (χ2n) is 8.16. The molecule has 1 aromatic carbocycles. The maximum atomic E-state index is 13.1. The predicted molar refractivity (Wildman–Crippen MR) is 128 cm³/mol. The van der Waals surface area contributed by atoms with Gasteiger partial charge in [-0.15, -0.1) is 0 Å². The Morgan fingerprint density at radius 2 is 2.03 bits per heavy atom. The van der Waals surface area contributed by atoms with E-state index in [9.17, 15) is 4.79 Å². The summed E-state index contributed by atoms with van der Waals surface area (Å²) in [5.74, 6) is 0.810. The minimum absolute atomic E-state index is 0.00127. The number of pyridine rings is 2. The molecule has 0 aliphatic carbocycles. The average molecular weight is 447 g/mol. The number of nitrogens with one attached hydrogen (secondary N) is 1. The topological polar surface area (TPSA) is 76.6 Å². The van der Waals surface area contributed by atoms with Crippen molar-refractivity contribution in [2.24, 2.45) is 0 Å². The Morgan fingerprint density at radius 3 is 2.79 bits per heavy atom. The predicted octanol–water partition coefficient (Wildman–Crippen LogP) is 4.59. The molecule has 3 heterocycles. The highest BCUT2D eigenvalue weighted by atomic mass is 16.5. The van der Waals surface area contributed by atoms with Crippen molar-refractivity contribution < 1.29 is 14.3 Å². The van der Waals surface area contributed by atoms with Gasteiger partial charge in [-0.1, -0.05) is 18.2 Å². The van der Waals surface area contributed by atoms with Crippen LogP contribution in [0.15, 0.2) is 54.7 Å². The van der Waals surface area contributed by atoms with Crippen LogP contribution in [0.25, 0.3) is 0 Å². The first-order valence-corrected chi connectivity index (χ1v) is 11.3. The average Bonchev–Trinajstić information content (AvgIpc) is 2.84. The lowest BCUT2D eigenvalue weighted by molar-refractivity contribution is -0.0247. The van der Waals surface area contributed by atoms with Crippen molar-refractivity contribution >= 4 is 17.4 Å². The maximum Gasteiger partial charge on any atom is 0.254 e. The SMILES string of the molecule is CCOCc1ccc(C(=O)N2CCO[C@@H](c3cc(Nc4ncccc4C)cc(C)n3)C2)cc1. The fourth-order valence-corrected chi connectivity index (χ4v) is 3.84. The highest BCUT2D eigenvalue weighted by Crippen LogP contribution is 2.26. The van der Waals surface area contributed by atoms with E-state index in [1.165, 1.54) is 0 Å². The Balaban J connectivity index is 1.47. The maximum absolute atomic E-state index is 13.1. The van der Waals surface area contributed by atoms with E-state index in [1.54, 1.807) is 6.20 Å². The van der Waals surface area contributed by atoms with E-state index >= 15 is 0 Å². The van der Waals surface area contributed by atoms with Crippen LogP contribution in [-0.4, -0.2) is 47.1 Å². The summed E-state index contributed by atoms with van der Waals surface area (Å²) in [5, 5.41) is 3.37. The third-order valence-corrected chi connectivity index (χ3v) is 5.60. The fourth-order valence-electron chi connectivity index (χ4n) is 3.84. The van der Waals surface area contributed by atoms with Crippen LogP contribution in [0.4, 0.5) is 11.5 Å². The molecule has 2 aromatic heterocycles. The van der Waals surface area contributed by atoms with Crippen molar-refractivity contribution in [2.75, 3.05) is 31.6 Å². The molecule has 1 aliphatic rings. The Labute approximate surface area is 194 Å². The summed E-state index contributed by atoms with van der Waals surface area (Å²) in [7, 11) is 0. The molecule has 0 bridgehead atoms. The molecular weight excluding hydrogens is 416 g/mol. The third kappa shape index (κ3) is 5.74. The smallest absolute Gasteiger partial charge is 0.254 e. The highest BCUT2D eigenvalue weighted by molar-refractivity contribution is 5.94. The van der Waals surface area contributed by atoms with Gasteiger partial charge in [0.05, 0.1) is 25.5 Å². The summed E-state index contributed by atoms with van der Waals surface area (Å²) in [6.07, 6.45) is 1.48. The molecule has 0 radical (unpaired) electrons. The van der Waals surface area contributed by atoms with Gasteiger partial charge >= 0.3 is 0 Å². The summed E-state index contributed by atoms with van der Waals surface area (Å²) in [6, 6.07) is 15.5. The molecule has 1 atom stereocenters.